The van der Waals surface area contributed by atoms with Gasteiger partial charge in [0, 0.05) is 22.9 Å². The Kier molecular flexibility index (Phi) is 2.30. The minimum atomic E-state index is -0.923. The maximum absolute atomic E-state index is 11.0. The van der Waals surface area contributed by atoms with Crippen molar-refractivity contribution in [3.63, 3.8) is 0 Å². The molecule has 17 heavy (non-hydrogen) atoms. The summed E-state index contributed by atoms with van der Waals surface area (Å²) in [6.45, 7) is 0. The molecule has 0 aliphatic heterocycles. The molecule has 0 atom stereocenters. The number of aromatic carboxylic acids is 1. The molecule has 86 valence electrons. The quantitative estimate of drug-likeness (QED) is 0.884. The highest BCUT2D eigenvalue weighted by Crippen LogP contribution is 2.43. The maximum Gasteiger partial charge on any atom is 0.335 e. The minimum Gasteiger partial charge on any atom is -0.478 e. The number of carboxylic acid groups (broad SMARTS) is 1. The van der Waals surface area contributed by atoms with Gasteiger partial charge in [-0.25, -0.2) is 4.79 Å². The van der Waals surface area contributed by atoms with E-state index in [4.69, 9.17) is 16.7 Å². The molecular formula is C13H10ClNO2. The molecule has 3 rings (SSSR count). The van der Waals surface area contributed by atoms with Crippen molar-refractivity contribution in [3.05, 3.63) is 40.7 Å². The second-order valence-electron chi connectivity index (χ2n) is 4.33. The van der Waals surface area contributed by atoms with Gasteiger partial charge in [-0.2, -0.15) is 0 Å². The van der Waals surface area contributed by atoms with E-state index >= 15 is 0 Å². The van der Waals surface area contributed by atoms with Crippen LogP contribution in [0.2, 0.25) is 5.02 Å². The van der Waals surface area contributed by atoms with Gasteiger partial charge in [0.25, 0.3) is 0 Å². The smallest absolute Gasteiger partial charge is 0.335 e. The van der Waals surface area contributed by atoms with E-state index in [0.717, 1.165) is 29.3 Å². The van der Waals surface area contributed by atoms with Crippen LogP contribution in [0.25, 0.3) is 10.8 Å². The lowest BCUT2D eigenvalue weighted by atomic mass is 10.0. The Morgan fingerprint density at radius 3 is 2.76 bits per heavy atom. The van der Waals surface area contributed by atoms with E-state index in [1.165, 1.54) is 0 Å². The number of fused-ring (bicyclic) bond motifs is 1. The molecule has 1 fully saturated rings. The zero-order chi connectivity index (χ0) is 12.0. The molecule has 3 nitrogen and oxygen atoms in total. The third-order valence-electron chi connectivity index (χ3n) is 3.08. The Morgan fingerprint density at radius 2 is 2.12 bits per heavy atom. The van der Waals surface area contributed by atoms with E-state index in [9.17, 15) is 4.79 Å². The summed E-state index contributed by atoms with van der Waals surface area (Å²) in [5, 5.41) is 11.3. The molecule has 4 heteroatoms. The minimum absolute atomic E-state index is 0.281. The molecule has 0 saturated heterocycles. The number of pyridine rings is 1. The predicted octanol–water partition coefficient (Wildman–Crippen LogP) is 3.46. The van der Waals surface area contributed by atoms with Gasteiger partial charge in [-0.1, -0.05) is 17.7 Å². The Balaban J connectivity index is 2.30. The van der Waals surface area contributed by atoms with E-state index in [1.807, 2.05) is 0 Å². The summed E-state index contributed by atoms with van der Waals surface area (Å²) in [5.41, 5.74) is 1.26. The zero-order valence-corrected chi connectivity index (χ0v) is 9.74. The number of benzene rings is 1. The molecule has 1 saturated carbocycles. The first-order valence-corrected chi connectivity index (χ1v) is 5.86. The van der Waals surface area contributed by atoms with Crippen molar-refractivity contribution in [2.24, 2.45) is 0 Å². The molecular weight excluding hydrogens is 238 g/mol. The van der Waals surface area contributed by atoms with Gasteiger partial charge in [-0.3, -0.25) is 4.98 Å². The van der Waals surface area contributed by atoms with Crippen molar-refractivity contribution < 1.29 is 9.90 Å². The molecule has 0 radical (unpaired) electrons. The fourth-order valence-corrected chi connectivity index (χ4v) is 2.26. The fourth-order valence-electron chi connectivity index (χ4n) is 2.04. The van der Waals surface area contributed by atoms with Crippen molar-refractivity contribution >= 4 is 28.3 Å². The molecule has 0 bridgehead atoms. The first-order chi connectivity index (χ1) is 8.16. The summed E-state index contributed by atoms with van der Waals surface area (Å²) < 4.78 is 0. The van der Waals surface area contributed by atoms with Crippen LogP contribution in [0.15, 0.2) is 24.4 Å². The number of hydrogen-bond acceptors (Lipinski definition) is 2. The molecule has 0 unspecified atom stereocenters. The molecule has 2 aromatic rings. The Morgan fingerprint density at radius 1 is 1.35 bits per heavy atom. The Hall–Kier alpha value is -1.61. The van der Waals surface area contributed by atoms with Crippen molar-refractivity contribution in [2.45, 2.75) is 18.8 Å². The number of halogens is 1. The van der Waals surface area contributed by atoms with Gasteiger partial charge in [0.1, 0.15) is 0 Å². The van der Waals surface area contributed by atoms with E-state index in [2.05, 4.69) is 4.98 Å². The molecule has 1 N–H and O–H groups in total. The van der Waals surface area contributed by atoms with Crippen LogP contribution < -0.4 is 0 Å². The van der Waals surface area contributed by atoms with E-state index in [1.54, 1.807) is 24.4 Å². The fraction of sp³-hybridized carbons (Fsp3) is 0.231. The maximum atomic E-state index is 11.0. The lowest BCUT2D eigenvalue weighted by Gasteiger charge is -2.07. The molecule has 0 amide bonds. The Bertz CT molecular complexity index is 620. The van der Waals surface area contributed by atoms with Crippen molar-refractivity contribution in [1.82, 2.24) is 4.98 Å². The van der Waals surface area contributed by atoms with Crippen molar-refractivity contribution in [3.8, 4) is 0 Å². The van der Waals surface area contributed by atoms with Crippen LogP contribution >= 0.6 is 11.6 Å². The summed E-state index contributed by atoms with van der Waals surface area (Å²) in [4.78, 5) is 15.3. The Labute approximate surface area is 103 Å². The van der Waals surface area contributed by atoms with Crippen LogP contribution in [0.3, 0.4) is 0 Å². The monoisotopic (exact) mass is 247 g/mol. The van der Waals surface area contributed by atoms with Gasteiger partial charge in [0.2, 0.25) is 0 Å². The van der Waals surface area contributed by atoms with E-state index < -0.39 is 5.97 Å². The summed E-state index contributed by atoms with van der Waals surface area (Å²) in [6, 6.07) is 5.01. The van der Waals surface area contributed by atoms with Crippen LogP contribution in [0.1, 0.15) is 34.8 Å². The molecule has 1 aliphatic carbocycles. The summed E-state index contributed by atoms with van der Waals surface area (Å²) in [6.07, 6.45) is 3.90. The van der Waals surface area contributed by atoms with Crippen molar-refractivity contribution in [2.75, 3.05) is 0 Å². The van der Waals surface area contributed by atoms with Crippen molar-refractivity contribution in [1.29, 1.82) is 0 Å². The topological polar surface area (TPSA) is 50.2 Å². The van der Waals surface area contributed by atoms with Gasteiger partial charge in [0.05, 0.1) is 16.3 Å². The van der Waals surface area contributed by atoms with E-state index in [-0.39, 0.29) is 5.56 Å². The van der Waals surface area contributed by atoms with Gasteiger partial charge in [0.15, 0.2) is 0 Å². The largest absolute Gasteiger partial charge is 0.478 e. The standard InChI is InChI=1S/C13H10ClNO2/c14-11-6-15-12(7-1-2-7)10-5-8(13(16)17)3-4-9(10)11/h3-7H,1-2H2,(H,16,17). The highest BCUT2D eigenvalue weighted by atomic mass is 35.5. The summed E-state index contributed by atoms with van der Waals surface area (Å²) in [7, 11) is 0. The zero-order valence-electron chi connectivity index (χ0n) is 8.98. The van der Waals surface area contributed by atoms with Crippen LogP contribution in [-0.4, -0.2) is 16.1 Å². The third kappa shape index (κ3) is 1.76. The molecule has 1 heterocycles. The number of rotatable bonds is 2. The third-order valence-corrected chi connectivity index (χ3v) is 3.38. The lowest BCUT2D eigenvalue weighted by Crippen LogP contribution is -1.97. The normalized spacial score (nSPS) is 15.1. The average molecular weight is 248 g/mol. The van der Waals surface area contributed by atoms with Crippen LogP contribution in [0.4, 0.5) is 0 Å². The SMILES string of the molecule is O=C(O)c1ccc2c(Cl)cnc(C3CC3)c2c1. The molecule has 0 spiro atoms. The van der Waals surface area contributed by atoms with Crippen LogP contribution in [-0.2, 0) is 0 Å². The number of carbonyl (C=O) groups is 1. The number of aromatic nitrogens is 1. The molecule has 1 aliphatic rings. The van der Waals surface area contributed by atoms with Crippen LogP contribution in [0.5, 0.6) is 0 Å². The second kappa shape index (κ2) is 3.70. The van der Waals surface area contributed by atoms with Gasteiger partial charge >= 0.3 is 5.97 Å². The van der Waals surface area contributed by atoms with E-state index in [0.29, 0.717) is 10.9 Å². The van der Waals surface area contributed by atoms with Gasteiger partial charge in [-0.05, 0) is 25.0 Å². The number of carboxylic acids is 1. The predicted molar refractivity (Wildman–Crippen MR) is 65.7 cm³/mol. The summed E-state index contributed by atoms with van der Waals surface area (Å²) in [5.74, 6) is -0.451. The summed E-state index contributed by atoms with van der Waals surface area (Å²) >= 11 is 6.08. The van der Waals surface area contributed by atoms with Crippen LogP contribution in [0, 0.1) is 0 Å². The van der Waals surface area contributed by atoms with Gasteiger partial charge in [-0.15, -0.1) is 0 Å². The molecule has 1 aromatic heterocycles. The number of hydrogen-bond donors (Lipinski definition) is 1. The number of nitrogens with zero attached hydrogens (tertiary/aromatic N) is 1. The lowest BCUT2D eigenvalue weighted by molar-refractivity contribution is 0.0697. The first kappa shape index (κ1) is 10.5. The molecule has 1 aromatic carbocycles. The first-order valence-electron chi connectivity index (χ1n) is 5.48. The van der Waals surface area contributed by atoms with Gasteiger partial charge < -0.3 is 5.11 Å². The highest BCUT2D eigenvalue weighted by Gasteiger charge is 2.27. The highest BCUT2D eigenvalue weighted by molar-refractivity contribution is 6.35. The average Bonchev–Trinajstić information content (AvgIpc) is 3.13. The second-order valence-corrected chi connectivity index (χ2v) is 4.74.